The zero-order chi connectivity index (χ0) is 14.0. The summed E-state index contributed by atoms with van der Waals surface area (Å²) in [5.41, 5.74) is 2.14. The Kier molecular flexibility index (Phi) is 5.05. The predicted octanol–water partition coefficient (Wildman–Crippen LogP) is 5.90. The van der Waals surface area contributed by atoms with Gasteiger partial charge < -0.3 is 0 Å². The van der Waals surface area contributed by atoms with Crippen LogP contribution in [0.4, 0.5) is 0 Å². The van der Waals surface area contributed by atoms with Crippen LogP contribution in [0.5, 0.6) is 0 Å². The second-order valence-corrected chi connectivity index (χ2v) is 13.8. The molecule has 0 aromatic carbocycles. The van der Waals surface area contributed by atoms with Crippen LogP contribution in [0.2, 0.25) is 25.7 Å². The SMILES string of the molecule is C=CC(C[Si](C)(C)C)C1=CCC(C(C)(C)C)CC1. The Bertz CT molecular complexity index is 311. The summed E-state index contributed by atoms with van der Waals surface area (Å²) < 4.78 is 0. The van der Waals surface area contributed by atoms with Crippen LogP contribution in [-0.2, 0) is 0 Å². The van der Waals surface area contributed by atoms with Crippen LogP contribution in [0.25, 0.3) is 0 Å². The minimum absolute atomic E-state index is 0.463. The third-order valence-corrected chi connectivity index (χ3v) is 5.93. The van der Waals surface area contributed by atoms with Gasteiger partial charge in [0.2, 0.25) is 0 Å². The zero-order valence-corrected chi connectivity index (χ0v) is 14.3. The van der Waals surface area contributed by atoms with Gasteiger partial charge in [0, 0.05) is 8.07 Å². The lowest BCUT2D eigenvalue weighted by Gasteiger charge is -2.35. The van der Waals surface area contributed by atoms with E-state index in [0.717, 1.165) is 5.92 Å². The Morgan fingerprint density at radius 1 is 1.39 bits per heavy atom. The molecular formula is C17H32Si. The van der Waals surface area contributed by atoms with Gasteiger partial charge in [-0.2, -0.15) is 0 Å². The maximum absolute atomic E-state index is 4.07. The smallest absolute Gasteiger partial charge is 0.0451 e. The molecule has 0 nitrogen and oxygen atoms in total. The van der Waals surface area contributed by atoms with Gasteiger partial charge in [0.05, 0.1) is 0 Å². The Morgan fingerprint density at radius 3 is 2.33 bits per heavy atom. The van der Waals surface area contributed by atoms with Gasteiger partial charge in [-0.1, -0.05) is 58.1 Å². The minimum atomic E-state index is -0.991. The van der Waals surface area contributed by atoms with Crippen molar-refractivity contribution in [1.82, 2.24) is 0 Å². The van der Waals surface area contributed by atoms with Crippen LogP contribution in [0.3, 0.4) is 0 Å². The van der Waals surface area contributed by atoms with Crippen molar-refractivity contribution in [3.63, 3.8) is 0 Å². The molecular weight excluding hydrogens is 232 g/mol. The molecule has 0 bridgehead atoms. The molecule has 1 heteroatoms. The summed E-state index contributed by atoms with van der Waals surface area (Å²) >= 11 is 0. The van der Waals surface area contributed by atoms with E-state index in [-0.39, 0.29) is 0 Å². The average Bonchev–Trinajstić information content (AvgIpc) is 2.24. The van der Waals surface area contributed by atoms with E-state index in [2.05, 4.69) is 59.1 Å². The van der Waals surface area contributed by atoms with E-state index in [1.165, 1.54) is 25.3 Å². The van der Waals surface area contributed by atoms with E-state index >= 15 is 0 Å². The van der Waals surface area contributed by atoms with Crippen molar-refractivity contribution in [3.05, 3.63) is 24.3 Å². The van der Waals surface area contributed by atoms with Gasteiger partial charge in [-0.3, -0.25) is 0 Å². The molecule has 0 fully saturated rings. The fraction of sp³-hybridized carbons (Fsp3) is 0.765. The quantitative estimate of drug-likeness (QED) is 0.438. The van der Waals surface area contributed by atoms with Gasteiger partial charge in [-0.05, 0) is 42.6 Å². The van der Waals surface area contributed by atoms with E-state index in [1.807, 2.05) is 0 Å². The van der Waals surface area contributed by atoms with E-state index in [9.17, 15) is 0 Å². The number of allylic oxidation sites excluding steroid dienone is 3. The van der Waals surface area contributed by atoms with Crippen LogP contribution >= 0.6 is 0 Å². The van der Waals surface area contributed by atoms with Crippen LogP contribution in [0.15, 0.2) is 24.3 Å². The van der Waals surface area contributed by atoms with Gasteiger partial charge in [0.1, 0.15) is 0 Å². The molecule has 0 N–H and O–H groups in total. The first-order valence-corrected chi connectivity index (χ1v) is 11.2. The molecule has 0 radical (unpaired) electrons. The van der Waals surface area contributed by atoms with Gasteiger partial charge in [-0.15, -0.1) is 6.58 Å². The number of hydrogen-bond acceptors (Lipinski definition) is 0. The standard InChI is InChI=1S/C17H32Si/c1-8-14(13-18(5,6)7)15-9-11-16(12-10-15)17(2,3)4/h8-9,14,16H,1,10-13H2,2-7H3. The van der Waals surface area contributed by atoms with E-state index in [0.29, 0.717) is 11.3 Å². The second kappa shape index (κ2) is 5.77. The highest BCUT2D eigenvalue weighted by molar-refractivity contribution is 6.76. The number of rotatable bonds is 4. The van der Waals surface area contributed by atoms with Crippen molar-refractivity contribution >= 4 is 8.07 Å². The molecule has 0 aliphatic heterocycles. The summed E-state index contributed by atoms with van der Waals surface area (Å²) in [7, 11) is -0.991. The highest BCUT2D eigenvalue weighted by atomic mass is 28.3. The lowest BCUT2D eigenvalue weighted by molar-refractivity contribution is 0.219. The Labute approximate surface area is 116 Å². The van der Waals surface area contributed by atoms with Crippen molar-refractivity contribution < 1.29 is 0 Å². The minimum Gasteiger partial charge on any atom is -0.102 e. The molecule has 0 heterocycles. The predicted molar refractivity (Wildman–Crippen MR) is 86.7 cm³/mol. The highest BCUT2D eigenvalue weighted by Crippen LogP contribution is 2.40. The zero-order valence-electron chi connectivity index (χ0n) is 13.3. The first kappa shape index (κ1) is 15.8. The van der Waals surface area contributed by atoms with E-state index < -0.39 is 8.07 Å². The van der Waals surface area contributed by atoms with Gasteiger partial charge in [-0.25, -0.2) is 0 Å². The Hall–Kier alpha value is -0.303. The van der Waals surface area contributed by atoms with Crippen molar-refractivity contribution in [1.29, 1.82) is 0 Å². The highest BCUT2D eigenvalue weighted by Gasteiger charge is 2.28. The summed E-state index contributed by atoms with van der Waals surface area (Å²) in [6.07, 6.45) is 8.66. The van der Waals surface area contributed by atoms with Gasteiger partial charge in [0.25, 0.3) is 0 Å². The van der Waals surface area contributed by atoms with E-state index in [1.54, 1.807) is 5.57 Å². The van der Waals surface area contributed by atoms with Crippen LogP contribution < -0.4 is 0 Å². The largest absolute Gasteiger partial charge is 0.102 e. The molecule has 18 heavy (non-hydrogen) atoms. The van der Waals surface area contributed by atoms with Crippen molar-refractivity contribution in [2.75, 3.05) is 0 Å². The third-order valence-electron chi connectivity index (χ3n) is 4.26. The Balaban J connectivity index is 2.68. The third kappa shape index (κ3) is 4.76. The van der Waals surface area contributed by atoms with Gasteiger partial charge >= 0.3 is 0 Å². The maximum Gasteiger partial charge on any atom is 0.0451 e. The summed E-state index contributed by atoms with van der Waals surface area (Å²) in [6, 6.07) is 1.36. The molecule has 0 aromatic rings. The first-order chi connectivity index (χ1) is 8.13. The Morgan fingerprint density at radius 2 is 2.00 bits per heavy atom. The second-order valence-electron chi connectivity index (χ2n) is 8.22. The van der Waals surface area contributed by atoms with E-state index in [4.69, 9.17) is 0 Å². The summed E-state index contributed by atoms with van der Waals surface area (Å²) in [5.74, 6) is 1.51. The summed E-state index contributed by atoms with van der Waals surface area (Å²) in [5, 5.41) is 0. The molecule has 0 saturated heterocycles. The lowest BCUT2D eigenvalue weighted by atomic mass is 9.72. The number of hydrogen-bond donors (Lipinski definition) is 0. The molecule has 2 atom stereocenters. The topological polar surface area (TPSA) is 0 Å². The molecule has 1 aliphatic carbocycles. The molecule has 0 amide bonds. The molecule has 0 saturated carbocycles. The fourth-order valence-corrected chi connectivity index (χ4v) is 4.75. The van der Waals surface area contributed by atoms with Crippen molar-refractivity contribution in [2.45, 2.75) is 65.7 Å². The van der Waals surface area contributed by atoms with Gasteiger partial charge in [0.15, 0.2) is 0 Å². The normalized spacial score (nSPS) is 23.4. The summed E-state index contributed by atoms with van der Waals surface area (Å²) in [6.45, 7) is 18.6. The van der Waals surface area contributed by atoms with Crippen LogP contribution in [0, 0.1) is 17.3 Å². The van der Waals surface area contributed by atoms with Crippen molar-refractivity contribution in [2.24, 2.45) is 17.3 Å². The summed E-state index contributed by atoms with van der Waals surface area (Å²) in [4.78, 5) is 0. The van der Waals surface area contributed by atoms with Crippen LogP contribution in [-0.4, -0.2) is 8.07 Å². The van der Waals surface area contributed by atoms with Crippen molar-refractivity contribution in [3.8, 4) is 0 Å². The first-order valence-electron chi connectivity index (χ1n) is 7.45. The fourth-order valence-electron chi connectivity index (χ4n) is 3.00. The maximum atomic E-state index is 4.07. The monoisotopic (exact) mass is 264 g/mol. The molecule has 2 unspecified atom stereocenters. The molecule has 104 valence electrons. The molecule has 1 aliphatic rings. The molecule has 0 aromatic heterocycles. The average molecular weight is 265 g/mol. The molecule has 0 spiro atoms. The lowest BCUT2D eigenvalue weighted by Crippen LogP contribution is -2.26. The molecule has 1 rings (SSSR count). The van der Waals surface area contributed by atoms with Crippen LogP contribution in [0.1, 0.15) is 40.0 Å².